The number of aromatic nitrogens is 2. The zero-order valence-corrected chi connectivity index (χ0v) is 13.3. The number of aromatic hydroxyl groups is 1. The highest BCUT2D eigenvalue weighted by Crippen LogP contribution is 2.35. The first-order valence-corrected chi connectivity index (χ1v) is 7.89. The fourth-order valence-electron chi connectivity index (χ4n) is 3.14. The van der Waals surface area contributed by atoms with E-state index in [4.69, 9.17) is 0 Å². The number of fused-ring (bicyclic) bond motifs is 1. The van der Waals surface area contributed by atoms with Crippen LogP contribution in [0, 0.1) is 4.91 Å². The van der Waals surface area contributed by atoms with Gasteiger partial charge in [0.25, 0.3) is 0 Å². The fraction of sp³-hybridized carbons (Fsp3) is 0.0500. The molecule has 0 bridgehead atoms. The molecule has 5 heteroatoms. The number of rotatable bonds is 4. The van der Waals surface area contributed by atoms with Crippen LogP contribution in [-0.4, -0.2) is 15.1 Å². The highest BCUT2D eigenvalue weighted by Gasteiger charge is 2.17. The number of aromatic amines is 1. The van der Waals surface area contributed by atoms with Crippen molar-refractivity contribution >= 4 is 10.9 Å². The molecule has 2 N–H and O–H groups in total. The number of nitroso groups, excluding NO2 is 1. The summed E-state index contributed by atoms with van der Waals surface area (Å²) in [6.07, 6.45) is 5.14. The van der Waals surface area contributed by atoms with E-state index in [9.17, 15) is 10.0 Å². The number of H-pyrrole nitrogens is 1. The summed E-state index contributed by atoms with van der Waals surface area (Å²) >= 11 is 0. The Balaban J connectivity index is 1.87. The van der Waals surface area contributed by atoms with E-state index in [-0.39, 0.29) is 5.75 Å². The molecule has 0 spiro atoms. The van der Waals surface area contributed by atoms with Crippen LogP contribution in [0.5, 0.6) is 5.75 Å². The number of hydrogen-bond donors (Lipinski definition) is 2. The highest BCUT2D eigenvalue weighted by molar-refractivity contribution is 5.95. The number of pyridine rings is 1. The summed E-state index contributed by atoms with van der Waals surface area (Å²) in [5.74, 6) is 0.0950. The molecular weight excluding hydrogens is 314 g/mol. The summed E-state index contributed by atoms with van der Waals surface area (Å²) in [5.41, 5.74) is 4.14. The van der Waals surface area contributed by atoms with Crippen LogP contribution in [0.1, 0.15) is 17.2 Å². The first-order chi connectivity index (χ1) is 12.3. The van der Waals surface area contributed by atoms with Gasteiger partial charge in [0.1, 0.15) is 11.8 Å². The maximum absolute atomic E-state index is 11.5. The fourth-order valence-corrected chi connectivity index (χ4v) is 3.14. The van der Waals surface area contributed by atoms with Gasteiger partial charge >= 0.3 is 0 Å². The van der Waals surface area contributed by atoms with Crippen LogP contribution in [0.25, 0.3) is 22.0 Å². The summed E-state index contributed by atoms with van der Waals surface area (Å²) in [5, 5.41) is 14.5. The van der Waals surface area contributed by atoms with Crippen molar-refractivity contribution in [1.29, 1.82) is 0 Å². The predicted octanol–water partition coefficient (Wildman–Crippen LogP) is 4.79. The summed E-state index contributed by atoms with van der Waals surface area (Å²) in [6.45, 7) is 0. The second-order valence-corrected chi connectivity index (χ2v) is 5.85. The van der Waals surface area contributed by atoms with E-state index < -0.39 is 6.04 Å². The second-order valence-electron chi connectivity index (χ2n) is 5.85. The molecule has 2 heterocycles. The molecule has 25 heavy (non-hydrogen) atoms. The molecule has 0 fully saturated rings. The number of phenolic OH excluding ortho intramolecular Hbond substituents is 1. The van der Waals surface area contributed by atoms with Gasteiger partial charge in [0.2, 0.25) is 0 Å². The lowest BCUT2D eigenvalue weighted by atomic mass is 9.94. The van der Waals surface area contributed by atoms with Gasteiger partial charge in [-0.25, -0.2) is 0 Å². The van der Waals surface area contributed by atoms with Gasteiger partial charge in [-0.15, -0.1) is 4.91 Å². The van der Waals surface area contributed by atoms with Crippen molar-refractivity contribution in [2.24, 2.45) is 5.18 Å². The third-order valence-electron chi connectivity index (χ3n) is 4.27. The molecule has 5 nitrogen and oxygen atoms in total. The van der Waals surface area contributed by atoms with Gasteiger partial charge in [0.15, 0.2) is 0 Å². The van der Waals surface area contributed by atoms with Gasteiger partial charge in [-0.2, -0.15) is 0 Å². The molecule has 0 saturated heterocycles. The van der Waals surface area contributed by atoms with Crippen molar-refractivity contribution in [3.8, 4) is 16.9 Å². The number of nitrogens with zero attached hydrogens (tertiary/aromatic N) is 2. The Morgan fingerprint density at radius 3 is 2.76 bits per heavy atom. The SMILES string of the molecule is O=NC(c1cccnc1)c1cc(O)cc(-c2cccc3[nH]ccc23)c1. The Kier molecular flexibility index (Phi) is 3.74. The summed E-state index contributed by atoms with van der Waals surface area (Å²) in [7, 11) is 0. The minimum Gasteiger partial charge on any atom is -0.508 e. The Hall–Kier alpha value is -3.47. The second kappa shape index (κ2) is 6.20. The molecule has 0 aliphatic rings. The third-order valence-corrected chi connectivity index (χ3v) is 4.27. The molecule has 0 radical (unpaired) electrons. The zero-order chi connectivity index (χ0) is 17.2. The van der Waals surface area contributed by atoms with E-state index in [2.05, 4.69) is 15.1 Å². The van der Waals surface area contributed by atoms with Crippen LogP contribution in [-0.2, 0) is 0 Å². The zero-order valence-electron chi connectivity index (χ0n) is 13.3. The quantitative estimate of drug-likeness (QED) is 0.528. The molecule has 4 aromatic rings. The minimum absolute atomic E-state index is 0.0950. The molecule has 0 saturated carbocycles. The predicted molar refractivity (Wildman–Crippen MR) is 97.3 cm³/mol. The van der Waals surface area contributed by atoms with Crippen molar-refractivity contribution in [1.82, 2.24) is 9.97 Å². The van der Waals surface area contributed by atoms with E-state index in [0.29, 0.717) is 11.1 Å². The van der Waals surface area contributed by atoms with Gasteiger partial charge in [-0.05, 0) is 53.1 Å². The Morgan fingerprint density at radius 2 is 1.96 bits per heavy atom. The molecule has 4 rings (SSSR count). The average Bonchev–Trinajstić information content (AvgIpc) is 3.11. The van der Waals surface area contributed by atoms with Crippen LogP contribution >= 0.6 is 0 Å². The number of hydrogen-bond acceptors (Lipinski definition) is 4. The summed E-state index contributed by atoms with van der Waals surface area (Å²) in [6, 6.07) is 15.9. The Bertz CT molecular complexity index is 1040. The first kappa shape index (κ1) is 15.1. The maximum Gasteiger partial charge on any atom is 0.144 e. The number of nitrogens with one attached hydrogen (secondary N) is 1. The van der Waals surface area contributed by atoms with Crippen LogP contribution < -0.4 is 0 Å². The normalized spacial score (nSPS) is 12.2. The van der Waals surface area contributed by atoms with Crippen LogP contribution in [0.15, 0.2) is 78.4 Å². The Morgan fingerprint density at radius 1 is 1.04 bits per heavy atom. The molecule has 1 unspecified atom stereocenters. The topological polar surface area (TPSA) is 78.3 Å². The standard InChI is InChI=1S/C20H15N3O2/c24-16-10-14(17-4-1-5-19-18(17)6-8-22-19)9-15(11-16)20(23-25)13-3-2-7-21-12-13/h1-12,20,22,24H. The van der Waals surface area contributed by atoms with Gasteiger partial charge in [0, 0.05) is 35.1 Å². The maximum atomic E-state index is 11.5. The third kappa shape index (κ3) is 2.76. The smallest absolute Gasteiger partial charge is 0.144 e. The molecular formula is C20H15N3O2. The van der Waals surface area contributed by atoms with Crippen molar-refractivity contribution in [2.45, 2.75) is 6.04 Å². The van der Waals surface area contributed by atoms with Crippen molar-refractivity contribution < 1.29 is 5.11 Å². The Labute approximate surface area is 144 Å². The molecule has 1 atom stereocenters. The van der Waals surface area contributed by atoms with E-state index in [1.165, 1.54) is 0 Å². The van der Waals surface area contributed by atoms with Gasteiger partial charge in [-0.3, -0.25) is 4.98 Å². The lowest BCUT2D eigenvalue weighted by molar-refractivity contribution is 0.474. The van der Waals surface area contributed by atoms with Crippen LogP contribution in [0.4, 0.5) is 0 Å². The van der Waals surface area contributed by atoms with Crippen LogP contribution in [0.2, 0.25) is 0 Å². The highest BCUT2D eigenvalue weighted by atomic mass is 16.3. The van der Waals surface area contributed by atoms with E-state index in [1.807, 2.05) is 36.5 Å². The summed E-state index contributed by atoms with van der Waals surface area (Å²) < 4.78 is 0. The lowest BCUT2D eigenvalue weighted by Gasteiger charge is -2.13. The minimum atomic E-state index is -0.718. The average molecular weight is 329 g/mol. The molecule has 2 aromatic carbocycles. The van der Waals surface area contributed by atoms with Crippen LogP contribution in [0.3, 0.4) is 0 Å². The van der Waals surface area contributed by atoms with E-state index in [0.717, 1.165) is 22.0 Å². The van der Waals surface area contributed by atoms with E-state index >= 15 is 0 Å². The molecule has 2 aromatic heterocycles. The molecule has 0 aliphatic carbocycles. The van der Waals surface area contributed by atoms with Gasteiger partial charge in [-0.1, -0.05) is 23.4 Å². The monoisotopic (exact) mass is 329 g/mol. The largest absolute Gasteiger partial charge is 0.508 e. The van der Waals surface area contributed by atoms with Gasteiger partial charge in [0.05, 0.1) is 0 Å². The molecule has 0 amide bonds. The lowest BCUT2D eigenvalue weighted by Crippen LogP contribution is -1.98. The number of benzene rings is 2. The van der Waals surface area contributed by atoms with Gasteiger partial charge < -0.3 is 10.1 Å². The van der Waals surface area contributed by atoms with Crippen molar-refractivity contribution in [3.05, 3.63) is 89.2 Å². The van der Waals surface area contributed by atoms with Crippen molar-refractivity contribution in [3.63, 3.8) is 0 Å². The number of phenols is 1. The van der Waals surface area contributed by atoms with Crippen molar-refractivity contribution in [2.75, 3.05) is 0 Å². The van der Waals surface area contributed by atoms with E-state index in [1.54, 1.807) is 36.7 Å². The molecule has 0 aliphatic heterocycles. The first-order valence-electron chi connectivity index (χ1n) is 7.89. The molecule has 122 valence electrons. The summed E-state index contributed by atoms with van der Waals surface area (Å²) in [4.78, 5) is 18.7.